The maximum absolute atomic E-state index is 13.3. The van der Waals surface area contributed by atoms with E-state index < -0.39 is 0 Å². The van der Waals surface area contributed by atoms with Gasteiger partial charge in [-0.2, -0.15) is 5.10 Å². The first-order chi connectivity index (χ1) is 15.4. The molecule has 2 heterocycles. The van der Waals surface area contributed by atoms with E-state index in [0.29, 0.717) is 26.5 Å². The lowest BCUT2D eigenvalue weighted by atomic mass is 9.91. The molecule has 5 nitrogen and oxygen atoms in total. The number of benzene rings is 2. The highest BCUT2D eigenvalue weighted by Crippen LogP contribution is 2.42. The van der Waals surface area contributed by atoms with Gasteiger partial charge < -0.3 is 0 Å². The molecule has 0 saturated carbocycles. The van der Waals surface area contributed by atoms with Crippen LogP contribution >= 0.6 is 34.8 Å². The van der Waals surface area contributed by atoms with Crippen LogP contribution in [0.5, 0.6) is 0 Å². The van der Waals surface area contributed by atoms with Crippen molar-refractivity contribution in [3.8, 4) is 0 Å². The zero-order valence-electron chi connectivity index (χ0n) is 18.0. The van der Waals surface area contributed by atoms with E-state index in [1.54, 1.807) is 12.1 Å². The molecular formula is C24H27Cl3N4O. The van der Waals surface area contributed by atoms with Gasteiger partial charge in [0.2, 0.25) is 0 Å². The van der Waals surface area contributed by atoms with Gasteiger partial charge in [0, 0.05) is 29.1 Å². The molecule has 2 aliphatic heterocycles. The lowest BCUT2D eigenvalue weighted by Crippen LogP contribution is -2.47. The number of nitrogens with zero attached hydrogens (tertiary/aromatic N) is 3. The second-order valence-electron chi connectivity index (χ2n) is 8.41. The molecule has 1 amide bonds. The molecule has 1 unspecified atom stereocenters. The van der Waals surface area contributed by atoms with Crippen LogP contribution in [-0.4, -0.2) is 29.7 Å². The minimum absolute atomic E-state index is 0.155. The van der Waals surface area contributed by atoms with Gasteiger partial charge in [-0.25, -0.2) is 5.01 Å². The quantitative estimate of drug-likeness (QED) is 0.529. The molecule has 1 saturated heterocycles. The lowest BCUT2D eigenvalue weighted by molar-refractivity contribution is -0.119. The lowest BCUT2D eigenvalue weighted by Gasteiger charge is -2.28. The van der Waals surface area contributed by atoms with Gasteiger partial charge in [-0.15, -0.1) is 0 Å². The molecule has 2 atom stereocenters. The fourth-order valence-corrected chi connectivity index (χ4v) is 5.02. The molecule has 0 aromatic heterocycles. The largest absolute Gasteiger partial charge is 0.284 e. The van der Waals surface area contributed by atoms with Crippen molar-refractivity contribution >= 4 is 52.1 Å². The van der Waals surface area contributed by atoms with Gasteiger partial charge in [0.05, 0.1) is 16.8 Å². The smallest absolute Gasteiger partial charge is 0.282 e. The molecule has 0 bridgehead atoms. The summed E-state index contributed by atoms with van der Waals surface area (Å²) in [6.45, 7) is 3.75. The Balaban J connectivity index is 1.64. The third-order valence-electron chi connectivity index (χ3n) is 6.10. The van der Waals surface area contributed by atoms with Crippen LogP contribution in [0.1, 0.15) is 50.6 Å². The first-order valence-electron chi connectivity index (χ1n) is 11.1. The van der Waals surface area contributed by atoms with Crippen LogP contribution in [-0.2, 0) is 4.79 Å². The van der Waals surface area contributed by atoms with E-state index in [2.05, 4.69) is 5.43 Å². The van der Waals surface area contributed by atoms with Gasteiger partial charge in [0.1, 0.15) is 5.71 Å². The fourth-order valence-electron chi connectivity index (χ4n) is 4.40. The summed E-state index contributed by atoms with van der Waals surface area (Å²) in [4.78, 5) is 13.3. The molecule has 0 spiro atoms. The minimum Gasteiger partial charge on any atom is -0.284 e. The summed E-state index contributed by atoms with van der Waals surface area (Å²) < 4.78 is 0. The number of hydrazine groups is 1. The second-order valence-corrected chi connectivity index (χ2v) is 9.69. The van der Waals surface area contributed by atoms with Crippen molar-refractivity contribution in [3.63, 3.8) is 0 Å². The maximum Gasteiger partial charge on any atom is 0.282 e. The van der Waals surface area contributed by atoms with Gasteiger partial charge in [0.15, 0.2) is 0 Å². The predicted molar refractivity (Wildman–Crippen MR) is 133 cm³/mol. The third kappa shape index (κ3) is 5.23. The van der Waals surface area contributed by atoms with Crippen LogP contribution in [0.2, 0.25) is 15.1 Å². The SMILES string of the molecule is C[C@@H]1C(C(=O)NN2CCCCCCC2)=NN(c2ccc(Cl)cc2Cl)C1c1ccc(Cl)cc1. The highest BCUT2D eigenvalue weighted by atomic mass is 35.5. The van der Waals surface area contributed by atoms with E-state index in [9.17, 15) is 4.79 Å². The minimum atomic E-state index is -0.195. The summed E-state index contributed by atoms with van der Waals surface area (Å²) in [7, 11) is 0. The predicted octanol–water partition coefficient (Wildman–Crippen LogP) is 6.50. The first-order valence-corrected chi connectivity index (χ1v) is 12.2. The Morgan fingerprint density at radius 3 is 2.22 bits per heavy atom. The molecular weight excluding hydrogens is 467 g/mol. The second kappa shape index (κ2) is 10.4. The van der Waals surface area contributed by atoms with Gasteiger partial charge in [-0.05, 0) is 48.7 Å². The van der Waals surface area contributed by atoms with Crippen molar-refractivity contribution in [2.75, 3.05) is 18.1 Å². The molecule has 4 rings (SSSR count). The topological polar surface area (TPSA) is 47.9 Å². The number of carbonyl (C=O) groups is 1. The van der Waals surface area contributed by atoms with Crippen LogP contribution in [0.25, 0.3) is 0 Å². The van der Waals surface area contributed by atoms with Crippen LogP contribution in [0.4, 0.5) is 5.69 Å². The van der Waals surface area contributed by atoms with E-state index in [-0.39, 0.29) is 17.9 Å². The Kier molecular flexibility index (Phi) is 7.62. The van der Waals surface area contributed by atoms with Crippen molar-refractivity contribution in [2.24, 2.45) is 11.0 Å². The zero-order valence-corrected chi connectivity index (χ0v) is 20.3. The molecule has 2 aromatic rings. The number of hydrazone groups is 1. The number of rotatable bonds is 4. The zero-order chi connectivity index (χ0) is 22.7. The van der Waals surface area contributed by atoms with Gasteiger partial charge >= 0.3 is 0 Å². The highest BCUT2D eigenvalue weighted by Gasteiger charge is 2.40. The summed E-state index contributed by atoms with van der Waals surface area (Å²) in [6, 6.07) is 12.7. The van der Waals surface area contributed by atoms with Crippen molar-refractivity contribution in [1.82, 2.24) is 10.4 Å². The maximum atomic E-state index is 13.3. The molecule has 1 N–H and O–H groups in total. The van der Waals surface area contributed by atoms with Crippen LogP contribution in [0, 0.1) is 5.92 Å². The van der Waals surface area contributed by atoms with Gasteiger partial charge in [0.25, 0.3) is 5.91 Å². The Bertz CT molecular complexity index is 987. The number of hydrogen-bond acceptors (Lipinski definition) is 4. The molecule has 1 fully saturated rings. The average molecular weight is 494 g/mol. The van der Waals surface area contributed by atoms with E-state index >= 15 is 0 Å². The summed E-state index contributed by atoms with van der Waals surface area (Å²) in [6.07, 6.45) is 5.84. The molecule has 0 radical (unpaired) electrons. The number of halogens is 3. The average Bonchev–Trinajstić information content (AvgIpc) is 3.07. The number of amides is 1. The molecule has 2 aromatic carbocycles. The summed E-state index contributed by atoms with van der Waals surface area (Å²) in [5, 5.41) is 10.3. The third-order valence-corrected chi connectivity index (χ3v) is 6.89. The number of nitrogens with one attached hydrogen (secondary N) is 1. The molecule has 170 valence electrons. The van der Waals surface area contributed by atoms with Crippen molar-refractivity contribution < 1.29 is 4.79 Å². The molecule has 2 aliphatic rings. The standard InChI is InChI=1S/C24H27Cl3N4O/c1-16-22(24(32)29-30-13-5-3-2-4-6-14-30)28-31(21-12-11-19(26)15-20(21)27)23(16)17-7-9-18(25)10-8-17/h7-12,15-16,23H,2-6,13-14H2,1H3,(H,29,32)/t16-,23?/m1/s1. The van der Waals surface area contributed by atoms with Crippen molar-refractivity contribution in [2.45, 2.75) is 45.1 Å². The Morgan fingerprint density at radius 1 is 0.938 bits per heavy atom. The van der Waals surface area contributed by atoms with Crippen LogP contribution < -0.4 is 10.4 Å². The Labute approximate surface area is 204 Å². The summed E-state index contributed by atoms with van der Waals surface area (Å²) >= 11 is 18.8. The summed E-state index contributed by atoms with van der Waals surface area (Å²) in [5.74, 6) is -0.317. The number of hydrogen-bond donors (Lipinski definition) is 1. The summed E-state index contributed by atoms with van der Waals surface area (Å²) in [5.41, 5.74) is 5.29. The fraction of sp³-hybridized carbons (Fsp3) is 0.417. The molecule has 32 heavy (non-hydrogen) atoms. The monoisotopic (exact) mass is 492 g/mol. The van der Waals surface area contributed by atoms with Crippen molar-refractivity contribution in [1.29, 1.82) is 0 Å². The number of carbonyl (C=O) groups excluding carboxylic acids is 1. The molecule has 0 aliphatic carbocycles. The Morgan fingerprint density at radius 2 is 1.56 bits per heavy atom. The first kappa shape index (κ1) is 23.4. The van der Waals surface area contributed by atoms with E-state index in [1.807, 2.05) is 47.3 Å². The van der Waals surface area contributed by atoms with Crippen LogP contribution in [0.15, 0.2) is 47.6 Å². The van der Waals surface area contributed by atoms with Crippen LogP contribution in [0.3, 0.4) is 0 Å². The Hall–Kier alpha value is -1.79. The van der Waals surface area contributed by atoms with E-state index in [0.717, 1.165) is 31.5 Å². The highest BCUT2D eigenvalue weighted by molar-refractivity contribution is 6.41. The van der Waals surface area contributed by atoms with Gasteiger partial charge in [-0.3, -0.25) is 15.2 Å². The van der Waals surface area contributed by atoms with E-state index in [4.69, 9.17) is 39.9 Å². The molecule has 8 heteroatoms. The van der Waals surface area contributed by atoms with Gasteiger partial charge in [-0.1, -0.05) is 73.1 Å². The van der Waals surface area contributed by atoms with E-state index in [1.165, 1.54) is 19.3 Å². The number of anilines is 1. The van der Waals surface area contributed by atoms with Crippen molar-refractivity contribution in [3.05, 3.63) is 63.1 Å². The normalized spacial score (nSPS) is 22.2.